The van der Waals surface area contributed by atoms with Crippen molar-refractivity contribution >= 4 is 35.2 Å². The second-order valence-corrected chi connectivity index (χ2v) is 5.29. The fraction of sp³-hybridized carbons (Fsp3) is 0.235. The van der Waals surface area contributed by atoms with Gasteiger partial charge in [-0.1, -0.05) is 31.2 Å². The smallest absolute Gasteiger partial charge is 0.265 e. The van der Waals surface area contributed by atoms with Crippen LogP contribution in [-0.4, -0.2) is 35.0 Å². The third kappa shape index (κ3) is 3.84. The van der Waals surface area contributed by atoms with Crippen LogP contribution in [-0.2, 0) is 9.59 Å². The molecule has 1 fully saturated rings. The lowest BCUT2D eigenvalue weighted by molar-refractivity contribution is -0.128. The van der Waals surface area contributed by atoms with Gasteiger partial charge in [0, 0.05) is 12.1 Å². The molecule has 5 nitrogen and oxygen atoms in total. The Morgan fingerprint density at radius 3 is 2.78 bits per heavy atom. The molecule has 2 amide bonds. The predicted octanol–water partition coefficient (Wildman–Crippen LogP) is 2.29. The van der Waals surface area contributed by atoms with Crippen LogP contribution in [0.4, 0.5) is 0 Å². The largest absolute Gasteiger partial charge is 0.493 e. The van der Waals surface area contributed by atoms with Crippen LogP contribution in [0.15, 0.2) is 42.5 Å². The van der Waals surface area contributed by atoms with E-state index in [0.717, 1.165) is 6.42 Å². The van der Waals surface area contributed by atoms with Gasteiger partial charge in [-0.05, 0) is 30.8 Å². The van der Waals surface area contributed by atoms with Crippen molar-refractivity contribution in [1.29, 1.82) is 0 Å². The molecule has 1 N–H and O–H groups in total. The number of rotatable bonds is 6. The van der Waals surface area contributed by atoms with Crippen LogP contribution in [0.2, 0.25) is 0 Å². The van der Waals surface area contributed by atoms with Crippen molar-refractivity contribution in [2.24, 2.45) is 0 Å². The van der Waals surface area contributed by atoms with E-state index in [0.29, 0.717) is 17.9 Å². The van der Waals surface area contributed by atoms with E-state index in [1.54, 1.807) is 18.2 Å². The molecule has 0 radical (unpaired) electrons. The quantitative estimate of drug-likeness (QED) is 0.376. The lowest BCUT2D eigenvalue weighted by Crippen LogP contribution is -2.53. The van der Waals surface area contributed by atoms with Gasteiger partial charge in [0.25, 0.3) is 11.8 Å². The standard InChI is InChI=1S/C17H18N2O3S/c1-3-9-19-16(21)13(15(20)18-17(19)23)11-12-7-5-6-8-14(12)22-10-4-2/h3,5-8,11H,1,4,9-10H2,2H3,(H,18,20,23)/b13-11+. The Balaban J connectivity index is 2.37. The van der Waals surface area contributed by atoms with E-state index in [-0.39, 0.29) is 17.2 Å². The number of para-hydroxylation sites is 1. The summed E-state index contributed by atoms with van der Waals surface area (Å²) in [6, 6.07) is 7.26. The van der Waals surface area contributed by atoms with E-state index < -0.39 is 11.8 Å². The minimum atomic E-state index is -0.509. The van der Waals surface area contributed by atoms with Gasteiger partial charge in [-0.2, -0.15) is 0 Å². The lowest BCUT2D eigenvalue weighted by Gasteiger charge is -2.27. The van der Waals surface area contributed by atoms with Crippen LogP contribution in [0.25, 0.3) is 6.08 Å². The van der Waals surface area contributed by atoms with Crippen molar-refractivity contribution in [3.8, 4) is 5.75 Å². The van der Waals surface area contributed by atoms with Crippen LogP contribution in [0.1, 0.15) is 18.9 Å². The zero-order valence-corrected chi connectivity index (χ0v) is 13.7. The van der Waals surface area contributed by atoms with Gasteiger partial charge in [-0.15, -0.1) is 6.58 Å². The summed E-state index contributed by atoms with van der Waals surface area (Å²) >= 11 is 5.02. The number of carbonyl (C=O) groups excluding carboxylic acids is 2. The number of nitrogens with zero attached hydrogens (tertiary/aromatic N) is 1. The number of hydrogen-bond donors (Lipinski definition) is 1. The van der Waals surface area contributed by atoms with Crippen LogP contribution < -0.4 is 10.1 Å². The minimum absolute atomic E-state index is 0.0213. The molecule has 23 heavy (non-hydrogen) atoms. The van der Waals surface area contributed by atoms with Gasteiger partial charge in [0.05, 0.1) is 6.61 Å². The number of benzene rings is 1. The summed E-state index contributed by atoms with van der Waals surface area (Å²) in [5.41, 5.74) is 0.693. The number of hydrogen-bond acceptors (Lipinski definition) is 4. The Morgan fingerprint density at radius 1 is 1.35 bits per heavy atom. The first-order valence-corrected chi connectivity index (χ1v) is 7.71. The second-order valence-electron chi connectivity index (χ2n) is 4.91. The predicted molar refractivity (Wildman–Crippen MR) is 92.9 cm³/mol. The fourth-order valence-corrected chi connectivity index (χ4v) is 2.34. The van der Waals surface area contributed by atoms with Gasteiger partial charge in [0.1, 0.15) is 11.3 Å². The highest BCUT2D eigenvalue weighted by Gasteiger charge is 2.32. The third-order valence-electron chi connectivity index (χ3n) is 3.18. The molecule has 2 rings (SSSR count). The van der Waals surface area contributed by atoms with E-state index in [1.165, 1.54) is 11.0 Å². The third-order valence-corrected chi connectivity index (χ3v) is 3.50. The van der Waals surface area contributed by atoms with Crippen molar-refractivity contribution in [2.75, 3.05) is 13.2 Å². The van der Waals surface area contributed by atoms with Crippen LogP contribution in [0, 0.1) is 0 Å². The molecule has 1 aromatic carbocycles. The van der Waals surface area contributed by atoms with Crippen molar-refractivity contribution < 1.29 is 14.3 Å². The number of amides is 2. The molecule has 0 spiro atoms. The number of carbonyl (C=O) groups is 2. The Labute approximate surface area is 140 Å². The van der Waals surface area contributed by atoms with Gasteiger partial charge < -0.3 is 4.74 Å². The molecule has 0 atom stereocenters. The first kappa shape index (κ1) is 16.9. The molecule has 0 aromatic heterocycles. The molecule has 0 bridgehead atoms. The Morgan fingerprint density at radius 2 is 2.09 bits per heavy atom. The summed E-state index contributed by atoms with van der Waals surface area (Å²) in [5.74, 6) is -0.319. The SMILES string of the molecule is C=CCN1C(=O)/C(=C/c2ccccc2OCCC)C(=O)NC1=S. The molecule has 0 unspecified atom stereocenters. The van der Waals surface area contributed by atoms with Crippen molar-refractivity contribution in [2.45, 2.75) is 13.3 Å². The summed E-state index contributed by atoms with van der Waals surface area (Å²) in [7, 11) is 0. The summed E-state index contributed by atoms with van der Waals surface area (Å²) < 4.78 is 5.65. The summed E-state index contributed by atoms with van der Waals surface area (Å²) in [5, 5.41) is 2.61. The van der Waals surface area contributed by atoms with E-state index >= 15 is 0 Å². The maximum atomic E-state index is 12.5. The molecule has 0 saturated carbocycles. The van der Waals surface area contributed by atoms with Gasteiger partial charge in [-0.3, -0.25) is 19.8 Å². The van der Waals surface area contributed by atoms with Gasteiger partial charge in [-0.25, -0.2) is 0 Å². The van der Waals surface area contributed by atoms with Crippen LogP contribution in [0.3, 0.4) is 0 Å². The van der Waals surface area contributed by atoms with E-state index in [9.17, 15) is 9.59 Å². The summed E-state index contributed by atoms with van der Waals surface area (Å²) in [6.45, 7) is 6.40. The summed E-state index contributed by atoms with van der Waals surface area (Å²) in [4.78, 5) is 25.9. The lowest BCUT2D eigenvalue weighted by atomic mass is 10.1. The van der Waals surface area contributed by atoms with Crippen molar-refractivity contribution in [1.82, 2.24) is 10.2 Å². The van der Waals surface area contributed by atoms with E-state index in [1.807, 2.05) is 19.1 Å². The Bertz CT molecular complexity index is 682. The molecular formula is C17H18N2O3S. The second kappa shape index (κ2) is 7.69. The molecule has 0 aliphatic carbocycles. The first-order chi connectivity index (χ1) is 11.1. The maximum absolute atomic E-state index is 12.5. The molecule has 1 aliphatic rings. The average molecular weight is 330 g/mol. The molecule has 1 saturated heterocycles. The van der Waals surface area contributed by atoms with Crippen LogP contribution in [0.5, 0.6) is 5.75 Å². The van der Waals surface area contributed by atoms with Gasteiger partial charge in [0.2, 0.25) is 0 Å². The highest BCUT2D eigenvalue weighted by atomic mass is 32.1. The maximum Gasteiger partial charge on any atom is 0.265 e. The van der Waals surface area contributed by atoms with Crippen LogP contribution >= 0.6 is 12.2 Å². The molecule has 1 aromatic rings. The zero-order chi connectivity index (χ0) is 16.8. The first-order valence-electron chi connectivity index (χ1n) is 7.30. The number of nitrogens with one attached hydrogen (secondary N) is 1. The Hall–Kier alpha value is -2.47. The highest BCUT2D eigenvalue weighted by Crippen LogP contribution is 2.23. The molecular weight excluding hydrogens is 312 g/mol. The normalized spacial score (nSPS) is 16.5. The average Bonchev–Trinajstić information content (AvgIpc) is 2.54. The zero-order valence-electron chi connectivity index (χ0n) is 12.9. The van der Waals surface area contributed by atoms with E-state index in [2.05, 4.69) is 11.9 Å². The van der Waals surface area contributed by atoms with Crippen molar-refractivity contribution in [3.05, 3.63) is 48.1 Å². The minimum Gasteiger partial charge on any atom is -0.493 e. The molecule has 6 heteroatoms. The van der Waals surface area contributed by atoms with Crippen molar-refractivity contribution in [3.63, 3.8) is 0 Å². The molecule has 120 valence electrons. The number of ether oxygens (including phenoxy) is 1. The fourth-order valence-electron chi connectivity index (χ4n) is 2.09. The Kier molecular flexibility index (Phi) is 5.65. The topological polar surface area (TPSA) is 58.6 Å². The monoisotopic (exact) mass is 330 g/mol. The van der Waals surface area contributed by atoms with Gasteiger partial charge >= 0.3 is 0 Å². The summed E-state index contributed by atoms with van der Waals surface area (Å²) in [6.07, 6.45) is 3.95. The van der Waals surface area contributed by atoms with E-state index in [4.69, 9.17) is 17.0 Å². The highest BCUT2D eigenvalue weighted by molar-refractivity contribution is 7.80. The molecule has 1 heterocycles. The van der Waals surface area contributed by atoms with Gasteiger partial charge in [0.15, 0.2) is 5.11 Å². The molecule has 1 aliphatic heterocycles. The number of thiocarbonyl (C=S) groups is 1.